The average molecular weight is 142 g/mol. The third-order valence-corrected chi connectivity index (χ3v) is 2.49. The molecule has 0 atom stereocenters. The number of rotatable bonds is 0. The largest absolute Gasteiger partial charge is 0.364 e. The van der Waals surface area contributed by atoms with Gasteiger partial charge in [0.2, 0.25) is 0 Å². The van der Waals surface area contributed by atoms with Crippen LogP contribution in [0.2, 0.25) is 0 Å². The Morgan fingerprint density at radius 3 is 2.60 bits per heavy atom. The van der Waals surface area contributed by atoms with E-state index in [4.69, 9.17) is 4.74 Å². The van der Waals surface area contributed by atoms with Gasteiger partial charge < -0.3 is 10.1 Å². The van der Waals surface area contributed by atoms with Gasteiger partial charge in [-0.2, -0.15) is 0 Å². The highest BCUT2D eigenvalue weighted by atomic mass is 16.5. The second kappa shape index (κ2) is 2.49. The fourth-order valence-corrected chi connectivity index (χ4v) is 1.73. The van der Waals surface area contributed by atoms with Crippen molar-refractivity contribution in [1.29, 1.82) is 0 Å². The number of hydrogen-bond acceptors (Lipinski definition) is 3. The van der Waals surface area contributed by atoms with Crippen LogP contribution in [0, 0.1) is 0 Å². The molecule has 2 N–H and O–H groups in total. The van der Waals surface area contributed by atoms with Crippen LogP contribution in [0.25, 0.3) is 0 Å². The molecule has 0 aliphatic carbocycles. The molecule has 0 aromatic heterocycles. The Balaban J connectivity index is 1.98. The van der Waals surface area contributed by atoms with Crippen LogP contribution >= 0.6 is 0 Å². The Hall–Kier alpha value is -0.120. The molecule has 0 bridgehead atoms. The molecule has 3 nitrogen and oxygen atoms in total. The number of hydrogen-bond donors (Lipinski definition) is 2. The molecule has 0 amide bonds. The molecule has 58 valence electrons. The summed E-state index contributed by atoms with van der Waals surface area (Å²) in [5.74, 6) is 0. The number of piperidine rings is 1. The van der Waals surface area contributed by atoms with Crippen molar-refractivity contribution in [3.63, 3.8) is 0 Å². The molecule has 0 aromatic carbocycles. The quantitative estimate of drug-likeness (QED) is 0.486. The minimum Gasteiger partial charge on any atom is -0.364 e. The van der Waals surface area contributed by atoms with E-state index < -0.39 is 0 Å². The topological polar surface area (TPSA) is 33.3 Å². The fourth-order valence-electron chi connectivity index (χ4n) is 1.73. The van der Waals surface area contributed by atoms with E-state index in [2.05, 4.69) is 10.6 Å². The van der Waals surface area contributed by atoms with E-state index in [1.54, 1.807) is 0 Å². The summed E-state index contributed by atoms with van der Waals surface area (Å²) in [7, 11) is 0. The van der Waals surface area contributed by atoms with Gasteiger partial charge in [-0.3, -0.25) is 5.32 Å². The molecule has 0 aromatic rings. The van der Waals surface area contributed by atoms with Gasteiger partial charge in [-0.1, -0.05) is 0 Å². The van der Waals surface area contributed by atoms with Crippen LogP contribution in [0.3, 0.4) is 0 Å². The molecule has 3 heteroatoms. The van der Waals surface area contributed by atoms with Crippen LogP contribution in [0.4, 0.5) is 0 Å². The van der Waals surface area contributed by atoms with Crippen LogP contribution in [0.15, 0.2) is 0 Å². The summed E-state index contributed by atoms with van der Waals surface area (Å²) in [4.78, 5) is 0. The maximum Gasteiger partial charge on any atom is 0.0971 e. The van der Waals surface area contributed by atoms with Gasteiger partial charge in [-0.15, -0.1) is 0 Å². The molecule has 10 heavy (non-hydrogen) atoms. The lowest BCUT2D eigenvalue weighted by molar-refractivity contribution is 0.165. The van der Waals surface area contributed by atoms with Crippen LogP contribution in [-0.4, -0.2) is 32.0 Å². The van der Waals surface area contributed by atoms with Gasteiger partial charge in [-0.25, -0.2) is 0 Å². The molecule has 2 aliphatic heterocycles. The predicted octanol–water partition coefficient (Wildman–Crippen LogP) is -0.314. The smallest absolute Gasteiger partial charge is 0.0971 e. The minimum atomic E-state index is 0.339. The van der Waals surface area contributed by atoms with Crippen molar-refractivity contribution >= 4 is 0 Å². The lowest BCUT2D eigenvalue weighted by atomic mass is 9.90. The van der Waals surface area contributed by atoms with Gasteiger partial charge >= 0.3 is 0 Å². The molecule has 2 heterocycles. The SMILES string of the molecule is C1CC2(CCN1)COCN2. The van der Waals surface area contributed by atoms with Gasteiger partial charge in [-0.05, 0) is 25.9 Å². The maximum atomic E-state index is 5.30. The molecule has 0 unspecified atom stereocenters. The van der Waals surface area contributed by atoms with Gasteiger partial charge in [0.1, 0.15) is 0 Å². The predicted molar refractivity (Wildman–Crippen MR) is 38.8 cm³/mol. The lowest BCUT2D eigenvalue weighted by Crippen LogP contribution is -2.50. The standard InChI is InChI=1S/C7H14N2O/c1-3-8-4-2-7(1)5-10-6-9-7/h8-9H,1-6H2. The lowest BCUT2D eigenvalue weighted by Gasteiger charge is -2.32. The van der Waals surface area contributed by atoms with Gasteiger partial charge in [0, 0.05) is 5.54 Å². The average Bonchev–Trinajstić information content (AvgIpc) is 2.39. The molecule has 0 saturated carbocycles. The van der Waals surface area contributed by atoms with E-state index in [9.17, 15) is 0 Å². The van der Waals surface area contributed by atoms with Crippen molar-refractivity contribution in [2.75, 3.05) is 26.4 Å². The van der Waals surface area contributed by atoms with E-state index in [0.29, 0.717) is 5.54 Å². The summed E-state index contributed by atoms with van der Waals surface area (Å²) in [5.41, 5.74) is 0.339. The van der Waals surface area contributed by atoms with Crippen molar-refractivity contribution in [3.05, 3.63) is 0 Å². The normalized spacial score (nSPS) is 31.2. The van der Waals surface area contributed by atoms with E-state index in [-0.39, 0.29) is 0 Å². The van der Waals surface area contributed by atoms with E-state index in [1.165, 1.54) is 12.8 Å². The summed E-state index contributed by atoms with van der Waals surface area (Å²) in [6.45, 7) is 3.93. The second-order valence-electron chi connectivity index (χ2n) is 3.20. The zero-order chi connectivity index (χ0) is 6.86. The molecule has 2 aliphatic rings. The van der Waals surface area contributed by atoms with Crippen molar-refractivity contribution in [2.45, 2.75) is 18.4 Å². The van der Waals surface area contributed by atoms with Crippen molar-refractivity contribution in [1.82, 2.24) is 10.6 Å². The molecule has 0 radical (unpaired) electrons. The fraction of sp³-hybridized carbons (Fsp3) is 1.00. The second-order valence-corrected chi connectivity index (χ2v) is 3.20. The molecule has 2 fully saturated rings. The maximum absolute atomic E-state index is 5.30. The van der Waals surface area contributed by atoms with Crippen LogP contribution in [0.1, 0.15) is 12.8 Å². The van der Waals surface area contributed by atoms with Gasteiger partial charge in [0.25, 0.3) is 0 Å². The first-order valence-electron chi connectivity index (χ1n) is 3.95. The van der Waals surface area contributed by atoms with Crippen LogP contribution < -0.4 is 10.6 Å². The summed E-state index contributed by atoms with van der Waals surface area (Å²) >= 11 is 0. The van der Waals surface area contributed by atoms with E-state index in [0.717, 1.165) is 26.4 Å². The van der Waals surface area contributed by atoms with Gasteiger partial charge in [0.15, 0.2) is 0 Å². The zero-order valence-corrected chi connectivity index (χ0v) is 6.15. The van der Waals surface area contributed by atoms with Crippen molar-refractivity contribution < 1.29 is 4.74 Å². The summed E-state index contributed by atoms with van der Waals surface area (Å²) < 4.78 is 5.30. The molecule has 1 spiro atoms. The monoisotopic (exact) mass is 142 g/mol. The summed E-state index contributed by atoms with van der Waals surface area (Å²) in [5, 5.41) is 6.75. The first-order valence-corrected chi connectivity index (χ1v) is 3.95. The third-order valence-electron chi connectivity index (χ3n) is 2.49. The van der Waals surface area contributed by atoms with Gasteiger partial charge in [0.05, 0.1) is 13.3 Å². The number of ether oxygens (including phenoxy) is 1. The first-order chi connectivity index (χ1) is 4.91. The van der Waals surface area contributed by atoms with Crippen molar-refractivity contribution in [3.8, 4) is 0 Å². The molecule has 2 rings (SSSR count). The highest BCUT2D eigenvalue weighted by Gasteiger charge is 2.35. The molecular weight excluding hydrogens is 128 g/mol. The van der Waals surface area contributed by atoms with E-state index in [1.807, 2.05) is 0 Å². The van der Waals surface area contributed by atoms with Crippen LogP contribution in [-0.2, 0) is 4.74 Å². The summed E-state index contributed by atoms with van der Waals surface area (Å²) in [6, 6.07) is 0. The minimum absolute atomic E-state index is 0.339. The Bertz CT molecular complexity index is 113. The highest BCUT2D eigenvalue weighted by molar-refractivity contribution is 4.93. The highest BCUT2D eigenvalue weighted by Crippen LogP contribution is 2.21. The van der Waals surface area contributed by atoms with E-state index >= 15 is 0 Å². The van der Waals surface area contributed by atoms with Crippen LogP contribution in [0.5, 0.6) is 0 Å². The van der Waals surface area contributed by atoms with Crippen molar-refractivity contribution in [2.24, 2.45) is 0 Å². The summed E-state index contributed by atoms with van der Waals surface area (Å²) in [6.07, 6.45) is 2.43. The Morgan fingerprint density at radius 1 is 1.20 bits per heavy atom. The zero-order valence-electron chi connectivity index (χ0n) is 6.15. The Labute approximate surface area is 61.1 Å². The molecule has 2 saturated heterocycles. The Kier molecular flexibility index (Phi) is 1.64. The Morgan fingerprint density at radius 2 is 2.00 bits per heavy atom. The number of nitrogens with one attached hydrogen (secondary N) is 2. The first kappa shape index (κ1) is 6.58. The molecular formula is C7H14N2O. The third kappa shape index (κ3) is 1.05.